The van der Waals surface area contributed by atoms with Gasteiger partial charge in [0.2, 0.25) is 0 Å². The molecule has 0 spiro atoms. The Morgan fingerprint density at radius 1 is 0.750 bits per heavy atom. The monoisotopic (exact) mass is 411 g/mol. The summed E-state index contributed by atoms with van der Waals surface area (Å²) in [7, 11) is 0. The van der Waals surface area contributed by atoms with Crippen molar-refractivity contribution in [3.8, 4) is 0 Å². The molecule has 3 heteroatoms. The third-order valence-electron chi connectivity index (χ3n) is 5.01. The van der Waals surface area contributed by atoms with Gasteiger partial charge in [0.05, 0.1) is 0 Å². The van der Waals surface area contributed by atoms with Gasteiger partial charge in [-0.3, -0.25) is 4.79 Å². The zero-order valence-corrected chi connectivity index (χ0v) is 17.6. The summed E-state index contributed by atoms with van der Waals surface area (Å²) in [5.41, 5.74) is 0.752. The van der Waals surface area contributed by atoms with Gasteiger partial charge in [-0.2, -0.15) is 0 Å². The van der Waals surface area contributed by atoms with E-state index in [2.05, 4.69) is 24.4 Å². The average molecular weight is 412 g/mol. The normalized spacial score (nSPS) is 10.8. The van der Waals surface area contributed by atoms with Gasteiger partial charge in [-0.05, 0) is 44.2 Å². The molecule has 2 nitrogen and oxygen atoms in total. The SMILES string of the molecule is CCCCCCCC/C=C\CCCCCCCCNC(=O)c1ccccc1.[KH]. The van der Waals surface area contributed by atoms with Gasteiger partial charge in [-0.15, -0.1) is 0 Å². The maximum atomic E-state index is 11.9. The van der Waals surface area contributed by atoms with E-state index in [0.29, 0.717) is 0 Å². The summed E-state index contributed by atoms with van der Waals surface area (Å²) in [6.07, 6.45) is 23.1. The summed E-state index contributed by atoms with van der Waals surface area (Å²) < 4.78 is 0. The second kappa shape index (κ2) is 21.8. The number of hydrogen-bond donors (Lipinski definition) is 1. The van der Waals surface area contributed by atoms with Crippen LogP contribution >= 0.6 is 0 Å². The molecule has 0 aromatic heterocycles. The molecule has 0 aliphatic rings. The molecule has 0 aliphatic carbocycles. The Hall–Kier alpha value is 0.0664. The van der Waals surface area contributed by atoms with Crippen molar-refractivity contribution in [3.63, 3.8) is 0 Å². The van der Waals surface area contributed by atoms with Crippen molar-refractivity contribution in [2.45, 2.75) is 96.8 Å². The Labute approximate surface area is 216 Å². The van der Waals surface area contributed by atoms with Crippen molar-refractivity contribution in [2.24, 2.45) is 0 Å². The summed E-state index contributed by atoms with van der Waals surface area (Å²) in [6.45, 7) is 3.06. The summed E-state index contributed by atoms with van der Waals surface area (Å²) in [5.74, 6) is 0.0448. The Morgan fingerprint density at radius 2 is 1.25 bits per heavy atom. The number of nitrogens with one attached hydrogen (secondary N) is 1. The Balaban J connectivity index is 0.00000729. The van der Waals surface area contributed by atoms with Gasteiger partial charge in [-0.1, -0.05) is 95.1 Å². The first-order valence-corrected chi connectivity index (χ1v) is 11.3. The van der Waals surface area contributed by atoms with E-state index in [4.69, 9.17) is 0 Å². The molecule has 0 saturated heterocycles. The van der Waals surface area contributed by atoms with Crippen LogP contribution in [0.4, 0.5) is 0 Å². The van der Waals surface area contributed by atoms with E-state index in [1.807, 2.05) is 30.3 Å². The van der Waals surface area contributed by atoms with Crippen molar-refractivity contribution in [2.75, 3.05) is 6.54 Å². The quantitative estimate of drug-likeness (QED) is 0.170. The molecule has 0 radical (unpaired) electrons. The zero-order valence-electron chi connectivity index (χ0n) is 17.6. The number of carbonyl (C=O) groups is 1. The molecule has 1 aromatic rings. The number of amides is 1. The first-order valence-electron chi connectivity index (χ1n) is 11.3. The van der Waals surface area contributed by atoms with Crippen LogP contribution in [-0.2, 0) is 0 Å². The third-order valence-corrected chi connectivity index (χ3v) is 5.01. The van der Waals surface area contributed by atoms with E-state index in [1.165, 1.54) is 83.5 Å². The molecule has 1 N–H and O–H groups in total. The fraction of sp³-hybridized carbons (Fsp3) is 0.640. The first kappa shape index (κ1) is 28.1. The fourth-order valence-electron chi connectivity index (χ4n) is 3.27. The van der Waals surface area contributed by atoms with Gasteiger partial charge in [0, 0.05) is 12.1 Å². The molecule has 0 bridgehead atoms. The summed E-state index contributed by atoms with van der Waals surface area (Å²) >= 11 is 0. The molecule has 154 valence electrons. The number of rotatable bonds is 17. The van der Waals surface area contributed by atoms with E-state index in [9.17, 15) is 4.79 Å². The topological polar surface area (TPSA) is 29.1 Å². The van der Waals surface area contributed by atoms with E-state index in [0.717, 1.165) is 18.5 Å². The zero-order chi connectivity index (χ0) is 19.4. The van der Waals surface area contributed by atoms with Gasteiger partial charge in [-0.25, -0.2) is 0 Å². The standard InChI is InChI=1S/C25H41NO.K.H/c1-2-3-4-5-6-7-8-9-10-11-12-13-14-15-16-20-23-26-25(27)24-21-18-17-19-22-24;;/h9-10,17-19,21-22H,2-8,11-16,20,23H2,1H3,(H,26,27);;/b10-9-;;. The first-order chi connectivity index (χ1) is 13.3. The molecule has 1 rings (SSSR count). The molecule has 1 aromatic carbocycles. The Bertz CT molecular complexity index is 487. The Morgan fingerprint density at radius 3 is 1.82 bits per heavy atom. The molecule has 1 amide bonds. The van der Waals surface area contributed by atoms with Crippen molar-refractivity contribution < 1.29 is 4.79 Å². The minimum absolute atomic E-state index is 0. The van der Waals surface area contributed by atoms with Crippen LogP contribution < -0.4 is 5.32 Å². The van der Waals surface area contributed by atoms with Gasteiger partial charge >= 0.3 is 51.4 Å². The number of carbonyl (C=O) groups excluding carboxylic acids is 1. The predicted molar refractivity (Wildman–Crippen MR) is 125 cm³/mol. The summed E-state index contributed by atoms with van der Waals surface area (Å²) in [5, 5.41) is 3.00. The molecule has 28 heavy (non-hydrogen) atoms. The van der Waals surface area contributed by atoms with Crippen LogP contribution in [0.3, 0.4) is 0 Å². The van der Waals surface area contributed by atoms with Crippen LogP contribution in [0.2, 0.25) is 0 Å². The van der Waals surface area contributed by atoms with Crippen molar-refractivity contribution in [1.29, 1.82) is 0 Å². The molecule has 0 unspecified atom stereocenters. The van der Waals surface area contributed by atoms with Crippen LogP contribution in [0.1, 0.15) is 107 Å². The van der Waals surface area contributed by atoms with Crippen molar-refractivity contribution in [3.05, 3.63) is 48.0 Å². The van der Waals surface area contributed by atoms with Crippen LogP contribution in [0.15, 0.2) is 42.5 Å². The average Bonchev–Trinajstić information content (AvgIpc) is 2.70. The second-order valence-electron chi connectivity index (χ2n) is 7.56. The number of hydrogen-bond acceptors (Lipinski definition) is 1. The molecular formula is C25H42KNO. The molecule has 0 aliphatic heterocycles. The number of benzene rings is 1. The Kier molecular flexibility index (Phi) is 21.8. The molecule has 0 fully saturated rings. The van der Waals surface area contributed by atoms with Gasteiger partial charge < -0.3 is 5.32 Å². The minimum atomic E-state index is 0. The third kappa shape index (κ3) is 17.0. The van der Waals surface area contributed by atoms with Crippen molar-refractivity contribution in [1.82, 2.24) is 5.32 Å². The maximum absolute atomic E-state index is 11.9. The van der Waals surface area contributed by atoms with Crippen LogP contribution in [0.5, 0.6) is 0 Å². The number of unbranched alkanes of at least 4 members (excludes halogenated alkanes) is 12. The summed E-state index contributed by atoms with van der Waals surface area (Å²) in [6, 6.07) is 9.45. The van der Waals surface area contributed by atoms with E-state index in [1.54, 1.807) is 0 Å². The van der Waals surface area contributed by atoms with Crippen molar-refractivity contribution >= 4 is 57.3 Å². The van der Waals surface area contributed by atoms with Crippen LogP contribution in [0, 0.1) is 0 Å². The molecule has 0 saturated carbocycles. The van der Waals surface area contributed by atoms with E-state index >= 15 is 0 Å². The molecular weight excluding hydrogens is 369 g/mol. The van der Waals surface area contributed by atoms with Gasteiger partial charge in [0.25, 0.3) is 5.91 Å². The van der Waals surface area contributed by atoms with Gasteiger partial charge in [0.1, 0.15) is 0 Å². The second-order valence-corrected chi connectivity index (χ2v) is 7.56. The van der Waals surface area contributed by atoms with Crippen LogP contribution in [-0.4, -0.2) is 63.8 Å². The van der Waals surface area contributed by atoms with E-state index < -0.39 is 0 Å². The summed E-state index contributed by atoms with van der Waals surface area (Å²) in [4.78, 5) is 11.9. The predicted octanol–water partition coefficient (Wildman–Crippen LogP) is 6.81. The van der Waals surface area contributed by atoms with E-state index in [-0.39, 0.29) is 57.3 Å². The molecule has 0 atom stereocenters. The molecule has 0 heterocycles. The fourth-order valence-corrected chi connectivity index (χ4v) is 3.27. The van der Waals surface area contributed by atoms with Crippen LogP contribution in [0.25, 0.3) is 0 Å². The van der Waals surface area contributed by atoms with Gasteiger partial charge in [0.15, 0.2) is 0 Å². The number of allylic oxidation sites excluding steroid dienone is 2.